The van der Waals surface area contributed by atoms with Gasteiger partial charge in [0.25, 0.3) is 0 Å². The van der Waals surface area contributed by atoms with Gasteiger partial charge in [-0.15, -0.1) is 5.10 Å². The normalized spacial score (nSPS) is 20.6. The number of ether oxygens (including phenoxy) is 2. The molecule has 8 heteroatoms. The largest absolute Gasteiger partial charge is 0.489 e. The van der Waals surface area contributed by atoms with Crippen molar-refractivity contribution in [3.63, 3.8) is 0 Å². The zero-order valence-corrected chi connectivity index (χ0v) is 18.3. The number of hydrogen-bond acceptors (Lipinski definition) is 6. The summed E-state index contributed by atoms with van der Waals surface area (Å²) in [7, 11) is 1.80. The molecule has 2 aliphatic carbocycles. The van der Waals surface area contributed by atoms with Crippen LogP contribution in [0.15, 0.2) is 18.3 Å². The quantitative estimate of drug-likeness (QED) is 0.717. The third-order valence-corrected chi connectivity index (χ3v) is 7.22. The van der Waals surface area contributed by atoms with Gasteiger partial charge in [-0.05, 0) is 62.5 Å². The van der Waals surface area contributed by atoms with E-state index >= 15 is 0 Å². The summed E-state index contributed by atoms with van der Waals surface area (Å²) in [5.41, 5.74) is 2.43. The van der Waals surface area contributed by atoms with Gasteiger partial charge in [-0.1, -0.05) is 18.1 Å². The summed E-state index contributed by atoms with van der Waals surface area (Å²) in [5.74, 6) is 0.784. The van der Waals surface area contributed by atoms with Crippen molar-refractivity contribution in [3.05, 3.63) is 24.0 Å². The van der Waals surface area contributed by atoms with E-state index in [0.717, 1.165) is 43.8 Å². The first-order valence-corrected chi connectivity index (χ1v) is 11.6. The molecule has 1 saturated heterocycles. The Morgan fingerprint density at radius 1 is 1.16 bits per heavy atom. The maximum atomic E-state index is 12.6. The molecular weight excluding hydrogens is 394 g/mol. The summed E-state index contributed by atoms with van der Waals surface area (Å²) in [6.07, 6.45) is 12.6. The first-order chi connectivity index (χ1) is 15.1. The molecule has 0 bridgehead atoms. The molecule has 0 radical (unpaired) electrons. The van der Waals surface area contributed by atoms with E-state index in [9.17, 15) is 4.79 Å². The molecule has 3 fully saturated rings. The fourth-order valence-electron chi connectivity index (χ4n) is 5.10. The zero-order valence-electron chi connectivity index (χ0n) is 18.3. The van der Waals surface area contributed by atoms with E-state index in [1.54, 1.807) is 17.9 Å². The molecule has 0 N–H and O–H groups in total. The summed E-state index contributed by atoms with van der Waals surface area (Å²) in [6.45, 7) is 1.74. The van der Waals surface area contributed by atoms with Crippen LogP contribution in [0.25, 0.3) is 11.4 Å². The highest BCUT2D eigenvalue weighted by Crippen LogP contribution is 2.48. The van der Waals surface area contributed by atoms with Crippen molar-refractivity contribution in [2.75, 3.05) is 13.1 Å². The molecule has 1 aliphatic heterocycles. The number of carbonyl (C=O) groups excluding carboxylic acids is 1. The molecule has 166 valence electrons. The maximum absolute atomic E-state index is 12.6. The van der Waals surface area contributed by atoms with E-state index in [1.807, 2.05) is 17.0 Å². The van der Waals surface area contributed by atoms with Crippen molar-refractivity contribution in [1.29, 1.82) is 0 Å². The van der Waals surface area contributed by atoms with Crippen LogP contribution in [0.2, 0.25) is 0 Å². The number of nitrogens with zero attached hydrogens (tertiary/aromatic N) is 5. The topological polar surface area (TPSA) is 82.4 Å². The average molecular weight is 426 g/mol. The van der Waals surface area contributed by atoms with E-state index in [1.165, 1.54) is 38.5 Å². The molecule has 0 atom stereocenters. The second-order valence-corrected chi connectivity index (χ2v) is 9.35. The lowest BCUT2D eigenvalue weighted by atomic mass is 9.68. The smallest absolute Gasteiger partial charge is 0.410 e. The maximum Gasteiger partial charge on any atom is 0.410 e. The average Bonchev–Trinajstić information content (AvgIpc) is 3.38. The molecule has 1 amide bonds. The Bertz CT molecular complexity index is 916. The van der Waals surface area contributed by atoms with Crippen LogP contribution < -0.4 is 4.74 Å². The predicted octanol–water partition coefficient (Wildman–Crippen LogP) is 4.10. The van der Waals surface area contributed by atoms with Gasteiger partial charge in [0.2, 0.25) is 0 Å². The molecule has 0 aromatic carbocycles. The Morgan fingerprint density at radius 3 is 2.68 bits per heavy atom. The minimum atomic E-state index is -0.250. The lowest BCUT2D eigenvalue weighted by Gasteiger charge is -2.37. The second-order valence-electron chi connectivity index (χ2n) is 9.35. The summed E-state index contributed by atoms with van der Waals surface area (Å²) in [4.78, 5) is 19.0. The highest BCUT2D eigenvalue weighted by atomic mass is 16.6. The van der Waals surface area contributed by atoms with Crippen LogP contribution >= 0.6 is 0 Å². The van der Waals surface area contributed by atoms with Gasteiger partial charge in [0.05, 0.1) is 18.0 Å². The van der Waals surface area contributed by atoms with Crippen LogP contribution in [0.4, 0.5) is 4.79 Å². The number of rotatable bonds is 5. The molecule has 2 saturated carbocycles. The number of pyridine rings is 1. The molecule has 3 aliphatic rings. The number of carbonyl (C=O) groups is 1. The highest BCUT2D eigenvalue weighted by molar-refractivity contribution is 5.68. The van der Waals surface area contributed by atoms with Crippen molar-refractivity contribution >= 4 is 6.09 Å². The summed E-state index contributed by atoms with van der Waals surface area (Å²) >= 11 is 0. The Hall–Kier alpha value is -2.64. The van der Waals surface area contributed by atoms with E-state index in [2.05, 4.69) is 15.3 Å². The van der Waals surface area contributed by atoms with Crippen LogP contribution in [0.5, 0.6) is 5.75 Å². The monoisotopic (exact) mass is 425 g/mol. The van der Waals surface area contributed by atoms with Crippen molar-refractivity contribution in [2.24, 2.45) is 12.5 Å². The van der Waals surface area contributed by atoms with E-state index in [0.29, 0.717) is 16.8 Å². The van der Waals surface area contributed by atoms with Gasteiger partial charge >= 0.3 is 6.09 Å². The highest BCUT2D eigenvalue weighted by Gasteiger charge is 2.44. The van der Waals surface area contributed by atoms with Gasteiger partial charge in [0, 0.05) is 20.1 Å². The van der Waals surface area contributed by atoms with Crippen LogP contribution in [0.1, 0.15) is 63.5 Å². The van der Waals surface area contributed by atoms with Crippen LogP contribution in [0, 0.1) is 5.41 Å². The SMILES string of the molecule is Cn1nnc(-c2ccc(OC3CCCCC3)cn2)c1COC(=O)N1CCC2(CCC2)C1. The van der Waals surface area contributed by atoms with Gasteiger partial charge in [-0.2, -0.15) is 0 Å². The minimum Gasteiger partial charge on any atom is -0.489 e. The van der Waals surface area contributed by atoms with Crippen molar-refractivity contribution in [3.8, 4) is 17.1 Å². The van der Waals surface area contributed by atoms with E-state index < -0.39 is 0 Å². The van der Waals surface area contributed by atoms with Crippen LogP contribution in [0.3, 0.4) is 0 Å². The third kappa shape index (κ3) is 4.25. The molecule has 5 rings (SSSR count). The number of aryl methyl sites for hydroxylation is 1. The van der Waals surface area contributed by atoms with Gasteiger partial charge in [0.15, 0.2) is 0 Å². The lowest BCUT2D eigenvalue weighted by Crippen LogP contribution is -2.36. The molecule has 3 heterocycles. The molecule has 8 nitrogen and oxygen atoms in total. The first kappa shape index (κ1) is 20.3. The molecule has 31 heavy (non-hydrogen) atoms. The van der Waals surface area contributed by atoms with Crippen molar-refractivity contribution < 1.29 is 14.3 Å². The standard InChI is InChI=1S/C23H31N5O3/c1-27-20(15-30-22(29)28-13-12-23(16-28)10-5-11-23)21(25-26-27)19-9-8-18(14-24-19)31-17-6-3-2-4-7-17/h8-9,14,17H,2-7,10-13,15-16H2,1H3. The predicted molar refractivity (Wildman–Crippen MR) is 114 cm³/mol. The third-order valence-electron chi connectivity index (χ3n) is 7.22. The van der Waals surface area contributed by atoms with Gasteiger partial charge in [-0.3, -0.25) is 4.98 Å². The summed E-state index contributed by atoms with van der Waals surface area (Å²) < 4.78 is 13.3. The van der Waals surface area contributed by atoms with Gasteiger partial charge in [0.1, 0.15) is 23.7 Å². The van der Waals surface area contributed by atoms with E-state index in [-0.39, 0.29) is 18.8 Å². The molecular formula is C23H31N5O3. The van der Waals surface area contributed by atoms with Crippen molar-refractivity contribution in [2.45, 2.75) is 70.5 Å². The molecule has 0 unspecified atom stereocenters. The lowest BCUT2D eigenvalue weighted by molar-refractivity contribution is 0.0874. The van der Waals surface area contributed by atoms with Crippen LogP contribution in [-0.4, -0.2) is 50.2 Å². The number of aromatic nitrogens is 4. The molecule has 2 aromatic heterocycles. The summed E-state index contributed by atoms with van der Waals surface area (Å²) in [5, 5.41) is 8.38. The van der Waals surface area contributed by atoms with Gasteiger partial charge in [-0.25, -0.2) is 9.48 Å². The molecule has 2 aromatic rings. The Labute approximate surface area is 182 Å². The number of likely N-dealkylation sites (tertiary alicyclic amines) is 1. The van der Waals surface area contributed by atoms with E-state index in [4.69, 9.17) is 9.47 Å². The number of hydrogen-bond donors (Lipinski definition) is 0. The Balaban J connectivity index is 1.21. The summed E-state index contributed by atoms with van der Waals surface area (Å²) in [6, 6.07) is 3.83. The fourth-order valence-corrected chi connectivity index (χ4v) is 5.10. The number of amides is 1. The Morgan fingerprint density at radius 2 is 2.00 bits per heavy atom. The van der Waals surface area contributed by atoms with Gasteiger partial charge < -0.3 is 14.4 Å². The molecule has 1 spiro atoms. The fraction of sp³-hybridized carbons (Fsp3) is 0.652. The zero-order chi connectivity index (χ0) is 21.3. The second kappa shape index (κ2) is 8.48. The first-order valence-electron chi connectivity index (χ1n) is 11.6. The van der Waals surface area contributed by atoms with Crippen molar-refractivity contribution in [1.82, 2.24) is 24.9 Å². The Kier molecular flexibility index (Phi) is 5.54. The van der Waals surface area contributed by atoms with Crippen LogP contribution in [-0.2, 0) is 18.4 Å². The minimum absolute atomic E-state index is 0.128.